The number of hydrogen-bond donors (Lipinski definition) is 0. The van der Waals surface area contributed by atoms with Crippen molar-refractivity contribution in [2.75, 3.05) is 6.61 Å². The number of fused-ring (bicyclic) bond motifs is 1. The first-order chi connectivity index (χ1) is 13.6. The Morgan fingerprint density at radius 3 is 2.75 bits per heavy atom. The molecule has 0 aliphatic carbocycles. The highest BCUT2D eigenvalue weighted by Gasteiger charge is 2.13. The van der Waals surface area contributed by atoms with Crippen LogP contribution in [0.15, 0.2) is 63.1 Å². The summed E-state index contributed by atoms with van der Waals surface area (Å²) in [5.41, 5.74) is 2.32. The minimum absolute atomic E-state index is 0.407. The molecule has 6 heteroatoms. The van der Waals surface area contributed by atoms with E-state index in [-0.39, 0.29) is 0 Å². The van der Waals surface area contributed by atoms with Gasteiger partial charge in [0.05, 0.1) is 17.9 Å². The molecule has 4 rings (SSSR count). The SMILES string of the molecule is CCCCOc1ccc(-c2csc(-c3cc4cc(Cl)ccc4oc3=O)n2)cc1. The lowest BCUT2D eigenvalue weighted by atomic mass is 10.1. The van der Waals surface area contributed by atoms with Gasteiger partial charge in [0.2, 0.25) is 0 Å². The van der Waals surface area contributed by atoms with Gasteiger partial charge in [-0.05, 0) is 55.0 Å². The Bertz CT molecular complexity index is 1160. The second-order valence-corrected chi connectivity index (χ2v) is 7.69. The zero-order chi connectivity index (χ0) is 19.5. The highest BCUT2D eigenvalue weighted by atomic mass is 35.5. The van der Waals surface area contributed by atoms with Crippen LogP contribution in [-0.4, -0.2) is 11.6 Å². The van der Waals surface area contributed by atoms with Gasteiger partial charge in [0.1, 0.15) is 16.3 Å². The van der Waals surface area contributed by atoms with Gasteiger partial charge in [-0.1, -0.05) is 24.9 Å². The molecule has 0 N–H and O–H groups in total. The molecule has 0 fully saturated rings. The van der Waals surface area contributed by atoms with Crippen LogP contribution in [0.5, 0.6) is 5.75 Å². The molecule has 0 radical (unpaired) electrons. The first kappa shape index (κ1) is 18.7. The number of hydrogen-bond acceptors (Lipinski definition) is 5. The van der Waals surface area contributed by atoms with Crippen molar-refractivity contribution in [3.8, 4) is 27.6 Å². The Morgan fingerprint density at radius 2 is 1.96 bits per heavy atom. The van der Waals surface area contributed by atoms with Gasteiger partial charge in [-0.15, -0.1) is 11.3 Å². The fourth-order valence-corrected chi connectivity index (χ4v) is 3.84. The fraction of sp³-hybridized carbons (Fsp3) is 0.182. The van der Waals surface area contributed by atoms with Crippen molar-refractivity contribution in [1.29, 1.82) is 0 Å². The number of aromatic nitrogens is 1. The maximum Gasteiger partial charge on any atom is 0.346 e. The van der Waals surface area contributed by atoms with Gasteiger partial charge in [-0.25, -0.2) is 9.78 Å². The van der Waals surface area contributed by atoms with E-state index >= 15 is 0 Å². The predicted molar refractivity (Wildman–Crippen MR) is 114 cm³/mol. The summed E-state index contributed by atoms with van der Waals surface area (Å²) in [5.74, 6) is 0.847. The van der Waals surface area contributed by atoms with Crippen molar-refractivity contribution >= 4 is 33.9 Å². The zero-order valence-electron chi connectivity index (χ0n) is 15.3. The number of thiazole rings is 1. The maximum atomic E-state index is 12.4. The summed E-state index contributed by atoms with van der Waals surface area (Å²) in [6.07, 6.45) is 2.14. The van der Waals surface area contributed by atoms with E-state index in [0.29, 0.717) is 21.2 Å². The third-order valence-electron chi connectivity index (χ3n) is 4.35. The molecule has 0 saturated carbocycles. The van der Waals surface area contributed by atoms with E-state index in [9.17, 15) is 4.79 Å². The molecule has 0 atom stereocenters. The van der Waals surface area contributed by atoms with Gasteiger partial charge in [-0.2, -0.15) is 0 Å². The second kappa shape index (κ2) is 8.17. The Kier molecular flexibility index (Phi) is 5.46. The normalized spacial score (nSPS) is 11.1. The summed E-state index contributed by atoms with van der Waals surface area (Å²) < 4.78 is 11.1. The standard InChI is InChI=1S/C22H18ClNO3S/c1-2-3-10-26-17-7-4-14(5-8-17)19-13-28-21(24-19)18-12-15-11-16(23)6-9-20(15)27-22(18)25/h4-9,11-13H,2-3,10H2,1H3. The van der Waals surface area contributed by atoms with Crippen LogP contribution < -0.4 is 10.4 Å². The van der Waals surface area contributed by atoms with Crippen molar-refractivity contribution in [3.05, 3.63) is 69.4 Å². The van der Waals surface area contributed by atoms with Gasteiger partial charge >= 0.3 is 5.63 Å². The third kappa shape index (κ3) is 3.96. The first-order valence-corrected chi connectivity index (χ1v) is 10.3. The van der Waals surface area contributed by atoms with Crippen LogP contribution >= 0.6 is 22.9 Å². The van der Waals surface area contributed by atoms with Crippen molar-refractivity contribution in [1.82, 2.24) is 4.98 Å². The molecule has 0 aliphatic heterocycles. The highest BCUT2D eigenvalue weighted by molar-refractivity contribution is 7.13. The monoisotopic (exact) mass is 411 g/mol. The van der Waals surface area contributed by atoms with Gasteiger partial charge in [0, 0.05) is 21.4 Å². The highest BCUT2D eigenvalue weighted by Crippen LogP contribution is 2.30. The molecular weight excluding hydrogens is 394 g/mol. The summed E-state index contributed by atoms with van der Waals surface area (Å²) in [4.78, 5) is 17.0. The molecule has 142 valence electrons. The zero-order valence-corrected chi connectivity index (χ0v) is 16.8. The number of nitrogens with zero attached hydrogens (tertiary/aromatic N) is 1. The third-order valence-corrected chi connectivity index (χ3v) is 5.46. The summed E-state index contributed by atoms with van der Waals surface area (Å²) in [6, 6.07) is 14.8. The van der Waals surface area contributed by atoms with Crippen molar-refractivity contribution in [2.24, 2.45) is 0 Å². The number of halogens is 1. The lowest BCUT2D eigenvalue weighted by Crippen LogP contribution is -2.02. The molecule has 0 saturated heterocycles. The van der Waals surface area contributed by atoms with Gasteiger partial charge in [-0.3, -0.25) is 0 Å². The van der Waals surface area contributed by atoms with Gasteiger partial charge in [0.15, 0.2) is 0 Å². The molecule has 28 heavy (non-hydrogen) atoms. The number of unbranched alkanes of at least 4 members (excludes halogenated alkanes) is 1. The molecule has 4 nitrogen and oxygen atoms in total. The largest absolute Gasteiger partial charge is 0.494 e. The van der Waals surface area contributed by atoms with E-state index in [1.807, 2.05) is 29.6 Å². The number of ether oxygens (including phenoxy) is 1. The summed E-state index contributed by atoms with van der Waals surface area (Å²) in [5, 5.41) is 3.92. The van der Waals surface area contributed by atoms with E-state index in [1.54, 1.807) is 24.3 Å². The van der Waals surface area contributed by atoms with Crippen LogP contribution in [0.2, 0.25) is 5.02 Å². The van der Waals surface area contributed by atoms with Gasteiger partial charge in [0.25, 0.3) is 0 Å². The van der Waals surface area contributed by atoms with Crippen LogP contribution in [-0.2, 0) is 0 Å². The molecule has 0 amide bonds. The second-order valence-electron chi connectivity index (χ2n) is 6.39. The molecule has 0 unspecified atom stereocenters. The van der Waals surface area contributed by atoms with E-state index in [2.05, 4.69) is 11.9 Å². The van der Waals surface area contributed by atoms with E-state index in [4.69, 9.17) is 20.8 Å². The molecule has 0 aliphatic rings. The predicted octanol–water partition coefficient (Wildman–Crippen LogP) is 6.42. The Balaban J connectivity index is 1.61. The Hall–Kier alpha value is -2.63. The number of rotatable bonds is 6. The summed E-state index contributed by atoms with van der Waals surface area (Å²) in [6.45, 7) is 2.86. The minimum atomic E-state index is -0.407. The van der Waals surface area contributed by atoms with Crippen LogP contribution in [0, 0.1) is 0 Å². The molecule has 0 spiro atoms. The molecule has 2 heterocycles. The average Bonchev–Trinajstić information content (AvgIpc) is 3.18. The van der Waals surface area contributed by atoms with Crippen LogP contribution in [0.3, 0.4) is 0 Å². The molecule has 2 aromatic carbocycles. The summed E-state index contributed by atoms with van der Waals surface area (Å²) in [7, 11) is 0. The smallest absolute Gasteiger partial charge is 0.346 e. The average molecular weight is 412 g/mol. The Morgan fingerprint density at radius 1 is 1.14 bits per heavy atom. The van der Waals surface area contributed by atoms with E-state index in [0.717, 1.165) is 41.8 Å². The molecule has 2 aromatic heterocycles. The first-order valence-electron chi connectivity index (χ1n) is 9.06. The van der Waals surface area contributed by atoms with E-state index < -0.39 is 5.63 Å². The molecule has 4 aromatic rings. The minimum Gasteiger partial charge on any atom is -0.494 e. The van der Waals surface area contributed by atoms with E-state index in [1.165, 1.54) is 11.3 Å². The van der Waals surface area contributed by atoms with Crippen LogP contribution in [0.1, 0.15) is 19.8 Å². The van der Waals surface area contributed by atoms with Crippen LogP contribution in [0.4, 0.5) is 0 Å². The summed E-state index contributed by atoms with van der Waals surface area (Å²) >= 11 is 7.46. The number of benzene rings is 2. The fourth-order valence-electron chi connectivity index (χ4n) is 2.83. The van der Waals surface area contributed by atoms with Crippen molar-refractivity contribution in [2.45, 2.75) is 19.8 Å². The van der Waals surface area contributed by atoms with Crippen molar-refractivity contribution in [3.63, 3.8) is 0 Å². The quantitative estimate of drug-likeness (QED) is 0.271. The van der Waals surface area contributed by atoms with Crippen LogP contribution in [0.25, 0.3) is 32.8 Å². The van der Waals surface area contributed by atoms with Crippen molar-refractivity contribution < 1.29 is 9.15 Å². The molecular formula is C22H18ClNO3S. The topological polar surface area (TPSA) is 52.3 Å². The molecule has 0 bridgehead atoms. The Labute approximate surface area is 171 Å². The lowest BCUT2D eigenvalue weighted by molar-refractivity contribution is 0.309. The maximum absolute atomic E-state index is 12.4. The lowest BCUT2D eigenvalue weighted by Gasteiger charge is -2.05. The van der Waals surface area contributed by atoms with Gasteiger partial charge < -0.3 is 9.15 Å².